The number of nitrogens with one attached hydrogen (secondary N) is 3. The van der Waals surface area contributed by atoms with Crippen LogP contribution in [0.1, 0.15) is 64.5 Å². The van der Waals surface area contributed by atoms with E-state index < -0.39 is 0 Å². The molecular weight excluding hydrogens is 707 g/mol. The molecule has 0 spiro atoms. The van der Waals surface area contributed by atoms with Crippen molar-refractivity contribution in [2.24, 2.45) is 0 Å². The maximum Gasteiger partial charge on any atom is 0.328 e. The number of aromatic amines is 1. The number of aromatic nitrogens is 1. The van der Waals surface area contributed by atoms with Crippen LogP contribution in [0.4, 0.5) is 21.9 Å². The molecule has 3 fully saturated rings. The first kappa shape index (κ1) is 38.8. The Hall–Kier alpha value is -5.46. The molecule has 0 atom stereocenters. The van der Waals surface area contributed by atoms with E-state index in [4.69, 9.17) is 4.74 Å². The summed E-state index contributed by atoms with van der Waals surface area (Å²) in [5.41, 5.74) is 9.76. The van der Waals surface area contributed by atoms with Gasteiger partial charge < -0.3 is 24.8 Å². The smallest absolute Gasteiger partial charge is 0.328 e. The van der Waals surface area contributed by atoms with Crippen LogP contribution in [0, 0.1) is 20.8 Å². The molecule has 3 aliphatic rings. The molecule has 0 radical (unpaired) electrons. The minimum absolute atomic E-state index is 0.147. The predicted octanol–water partition coefficient (Wildman–Crippen LogP) is 5.67. The zero-order valence-electron chi connectivity index (χ0n) is 33.0. The van der Waals surface area contributed by atoms with Gasteiger partial charge in [0.05, 0.1) is 0 Å². The molecule has 0 bridgehead atoms. The molecule has 0 aliphatic carbocycles. The zero-order valence-corrected chi connectivity index (χ0v) is 33.0. The SMILES string of the molecule is CCN(c1cc(-c2ccc(N3CCN(Cc4ccc(N5CCC(=O)NC5=O)cc4)CC3)cc2)cc(C(=O)NCc2c(C)cc(C)[nH]c2=O)c1C)C1CCOCC1. The maximum absolute atomic E-state index is 14.0. The Kier molecular flexibility index (Phi) is 11.9. The van der Waals surface area contributed by atoms with Gasteiger partial charge in [-0.1, -0.05) is 24.3 Å². The molecule has 294 valence electrons. The van der Waals surface area contributed by atoms with Gasteiger partial charge in [-0.3, -0.25) is 29.5 Å². The lowest BCUT2D eigenvalue weighted by atomic mass is 9.95. The molecule has 12 heteroatoms. The predicted molar refractivity (Wildman–Crippen MR) is 221 cm³/mol. The molecule has 3 aromatic carbocycles. The lowest BCUT2D eigenvalue weighted by molar-refractivity contribution is -0.120. The number of hydrogen-bond acceptors (Lipinski definition) is 8. The number of aryl methyl sites for hydroxylation is 2. The molecule has 3 N–H and O–H groups in total. The highest BCUT2D eigenvalue weighted by molar-refractivity contribution is 6.05. The fourth-order valence-electron chi connectivity index (χ4n) is 8.27. The second-order valence-electron chi connectivity index (χ2n) is 15.2. The van der Waals surface area contributed by atoms with Gasteiger partial charge in [-0.15, -0.1) is 0 Å². The third-order valence-corrected chi connectivity index (χ3v) is 11.5. The molecule has 4 heterocycles. The number of nitrogens with zero attached hydrogens (tertiary/aromatic N) is 4. The first-order valence-corrected chi connectivity index (χ1v) is 19.8. The second-order valence-corrected chi connectivity index (χ2v) is 15.2. The summed E-state index contributed by atoms with van der Waals surface area (Å²) >= 11 is 0. The molecule has 0 unspecified atom stereocenters. The number of piperazine rings is 1. The zero-order chi connectivity index (χ0) is 39.3. The highest BCUT2D eigenvalue weighted by atomic mass is 16.5. The van der Waals surface area contributed by atoms with Gasteiger partial charge in [0.2, 0.25) is 5.91 Å². The minimum Gasteiger partial charge on any atom is -0.381 e. The number of hydrogen-bond donors (Lipinski definition) is 3. The first-order chi connectivity index (χ1) is 27.1. The largest absolute Gasteiger partial charge is 0.381 e. The van der Waals surface area contributed by atoms with Gasteiger partial charge in [0, 0.05) is 112 Å². The highest BCUT2D eigenvalue weighted by Gasteiger charge is 2.27. The van der Waals surface area contributed by atoms with Gasteiger partial charge in [0.1, 0.15) is 0 Å². The molecule has 7 rings (SSSR count). The van der Waals surface area contributed by atoms with E-state index in [-0.39, 0.29) is 29.9 Å². The summed E-state index contributed by atoms with van der Waals surface area (Å²) in [7, 11) is 0. The summed E-state index contributed by atoms with van der Waals surface area (Å²) < 4.78 is 5.69. The lowest BCUT2D eigenvalue weighted by Gasteiger charge is -2.37. The Balaban J connectivity index is 1.05. The Morgan fingerprint density at radius 1 is 0.857 bits per heavy atom. The van der Waals surface area contributed by atoms with E-state index >= 15 is 0 Å². The molecule has 0 saturated carbocycles. The van der Waals surface area contributed by atoms with Crippen LogP contribution in [0.2, 0.25) is 0 Å². The molecule has 4 aromatic rings. The number of carbonyl (C=O) groups is 3. The van der Waals surface area contributed by atoms with E-state index in [0.29, 0.717) is 30.1 Å². The van der Waals surface area contributed by atoms with E-state index in [1.54, 1.807) is 4.90 Å². The molecule has 4 amide bonds. The first-order valence-electron chi connectivity index (χ1n) is 19.8. The third-order valence-electron chi connectivity index (χ3n) is 11.5. The van der Waals surface area contributed by atoms with E-state index in [0.717, 1.165) is 110 Å². The average molecular weight is 760 g/mol. The summed E-state index contributed by atoms with van der Waals surface area (Å²) in [5, 5.41) is 5.44. The van der Waals surface area contributed by atoms with Crippen molar-refractivity contribution in [1.29, 1.82) is 0 Å². The van der Waals surface area contributed by atoms with Crippen LogP contribution in [0.5, 0.6) is 0 Å². The van der Waals surface area contributed by atoms with Crippen LogP contribution < -0.4 is 30.9 Å². The Bertz CT molecular complexity index is 2120. The number of ether oxygens (including phenoxy) is 1. The molecular formula is C44H53N7O5. The Labute approximate surface area is 328 Å². The molecule has 1 aromatic heterocycles. The van der Waals surface area contributed by atoms with Gasteiger partial charge in [-0.2, -0.15) is 0 Å². The van der Waals surface area contributed by atoms with E-state index in [1.807, 2.05) is 45.0 Å². The van der Waals surface area contributed by atoms with Gasteiger partial charge >= 0.3 is 6.03 Å². The summed E-state index contributed by atoms with van der Waals surface area (Å²) in [4.78, 5) is 62.2. The summed E-state index contributed by atoms with van der Waals surface area (Å²) in [6, 6.07) is 22.8. The Morgan fingerprint density at radius 3 is 2.21 bits per heavy atom. The summed E-state index contributed by atoms with van der Waals surface area (Å²) in [5.74, 6) is -0.436. The number of imide groups is 1. The van der Waals surface area contributed by atoms with E-state index in [9.17, 15) is 19.2 Å². The molecule has 3 saturated heterocycles. The van der Waals surface area contributed by atoms with Crippen molar-refractivity contribution in [1.82, 2.24) is 20.5 Å². The van der Waals surface area contributed by atoms with Gasteiger partial charge in [-0.05, 0) is 111 Å². The number of rotatable bonds is 11. The number of amides is 4. The van der Waals surface area contributed by atoms with Gasteiger partial charge in [0.15, 0.2) is 0 Å². The van der Waals surface area contributed by atoms with Crippen molar-refractivity contribution in [2.75, 3.05) is 67.2 Å². The van der Waals surface area contributed by atoms with Crippen molar-refractivity contribution < 1.29 is 19.1 Å². The molecule has 3 aliphatic heterocycles. The second kappa shape index (κ2) is 17.1. The van der Waals surface area contributed by atoms with Crippen LogP contribution >= 0.6 is 0 Å². The van der Waals surface area contributed by atoms with Crippen LogP contribution in [0.15, 0.2) is 71.5 Å². The van der Waals surface area contributed by atoms with Crippen LogP contribution in [0.3, 0.4) is 0 Å². The van der Waals surface area contributed by atoms with Gasteiger partial charge in [-0.25, -0.2) is 4.79 Å². The van der Waals surface area contributed by atoms with E-state index in [2.05, 4.69) is 79.7 Å². The number of urea groups is 1. The fraction of sp³-hybridized carbons (Fsp3) is 0.409. The van der Waals surface area contributed by atoms with Crippen molar-refractivity contribution in [3.63, 3.8) is 0 Å². The summed E-state index contributed by atoms with van der Waals surface area (Å²) in [6.45, 7) is 15.2. The quantitative estimate of drug-likeness (QED) is 0.179. The normalized spacial score (nSPS) is 16.9. The standard InChI is InChI=1S/C44H53N7O5/c1-5-50(37-15-22-56-23-16-37)40-26-34(25-38(31(40)4)42(53)45-27-39-29(2)24-30(3)46-43(39)54)33-8-12-35(13-9-33)49-20-18-48(19-21-49)28-32-6-10-36(11-7-32)51-17-14-41(52)47-44(51)55/h6-13,24-26,37H,5,14-23,27-28H2,1-4H3,(H,45,53)(H,46,54)(H,47,52,55). The van der Waals surface area contributed by atoms with Gasteiger partial charge in [0.25, 0.3) is 11.5 Å². The van der Waals surface area contributed by atoms with Crippen molar-refractivity contribution in [2.45, 2.75) is 66.1 Å². The molecule has 56 heavy (non-hydrogen) atoms. The average Bonchev–Trinajstić information content (AvgIpc) is 3.19. The fourth-order valence-corrected chi connectivity index (χ4v) is 8.27. The van der Waals surface area contributed by atoms with Crippen molar-refractivity contribution in [3.8, 4) is 11.1 Å². The summed E-state index contributed by atoms with van der Waals surface area (Å²) in [6.07, 6.45) is 2.18. The molecule has 12 nitrogen and oxygen atoms in total. The number of H-pyrrole nitrogens is 1. The Morgan fingerprint density at radius 2 is 1.55 bits per heavy atom. The number of carbonyl (C=O) groups excluding carboxylic acids is 3. The monoisotopic (exact) mass is 759 g/mol. The topological polar surface area (TPSA) is 130 Å². The van der Waals surface area contributed by atoms with Crippen molar-refractivity contribution in [3.05, 3.63) is 111 Å². The minimum atomic E-state index is -0.369. The number of anilines is 3. The van der Waals surface area contributed by atoms with Crippen LogP contribution in [0.25, 0.3) is 11.1 Å². The lowest BCUT2D eigenvalue weighted by Crippen LogP contribution is -2.49. The number of benzene rings is 3. The van der Waals surface area contributed by atoms with Crippen molar-refractivity contribution >= 4 is 34.9 Å². The maximum atomic E-state index is 14.0. The third kappa shape index (κ3) is 8.66. The highest BCUT2D eigenvalue weighted by Crippen LogP contribution is 2.35. The van der Waals surface area contributed by atoms with Crippen LogP contribution in [-0.2, 0) is 22.6 Å². The van der Waals surface area contributed by atoms with E-state index in [1.165, 1.54) is 5.56 Å². The van der Waals surface area contributed by atoms with Crippen LogP contribution in [-0.4, -0.2) is 86.3 Å². The number of pyridine rings is 1.